The predicted octanol–water partition coefficient (Wildman–Crippen LogP) is 5.88. The molecule has 48 heavy (non-hydrogen) atoms. The summed E-state index contributed by atoms with van der Waals surface area (Å²) in [5.74, 6) is -0.264. The van der Waals surface area contributed by atoms with Gasteiger partial charge in [0, 0.05) is 49.8 Å². The van der Waals surface area contributed by atoms with Gasteiger partial charge in [-0.1, -0.05) is 45.0 Å². The van der Waals surface area contributed by atoms with Crippen molar-refractivity contribution in [1.82, 2.24) is 19.9 Å². The highest BCUT2D eigenvalue weighted by Crippen LogP contribution is 2.32. The molecule has 12 heteroatoms. The number of hydrogen-bond acceptors (Lipinski definition) is 9. The molecule has 3 heterocycles. The molecule has 2 aromatic heterocycles. The molecule has 1 N–H and O–H groups in total. The van der Waals surface area contributed by atoms with E-state index in [2.05, 4.69) is 45.3 Å². The van der Waals surface area contributed by atoms with Crippen LogP contribution in [-0.4, -0.2) is 74.1 Å². The van der Waals surface area contributed by atoms with Crippen LogP contribution in [0.25, 0.3) is 11.3 Å². The summed E-state index contributed by atoms with van der Waals surface area (Å²) in [5.41, 5.74) is 4.99. The fraction of sp³-hybridized carbons (Fsp3) is 0.389. The Morgan fingerprint density at radius 3 is 2.48 bits per heavy atom. The van der Waals surface area contributed by atoms with Crippen molar-refractivity contribution in [1.29, 1.82) is 0 Å². The zero-order valence-corrected chi connectivity index (χ0v) is 29.5. The molecule has 11 nitrogen and oxygen atoms in total. The maximum absolute atomic E-state index is 14.5. The summed E-state index contributed by atoms with van der Waals surface area (Å²) in [5, 5.41) is 0. The van der Waals surface area contributed by atoms with Crippen LogP contribution in [0.4, 0.5) is 11.6 Å². The maximum atomic E-state index is 14.5. The highest BCUT2D eigenvalue weighted by molar-refractivity contribution is 7.92. The molecule has 0 aliphatic carbocycles. The first-order valence-electron chi connectivity index (χ1n) is 15.9. The molecule has 5 rings (SSSR count). The van der Waals surface area contributed by atoms with Gasteiger partial charge in [-0.25, -0.2) is 18.1 Å². The summed E-state index contributed by atoms with van der Waals surface area (Å²) in [7, 11) is -0.535. The minimum atomic E-state index is -4.17. The van der Waals surface area contributed by atoms with Crippen LogP contribution < -0.4 is 14.4 Å². The first kappa shape index (κ1) is 34.8. The molecule has 4 aromatic rings. The van der Waals surface area contributed by atoms with E-state index in [4.69, 9.17) is 9.47 Å². The van der Waals surface area contributed by atoms with Gasteiger partial charge in [0.05, 0.1) is 35.5 Å². The minimum absolute atomic E-state index is 0.0802. The average Bonchev–Trinajstić information content (AvgIpc) is 3.03. The van der Waals surface area contributed by atoms with Crippen LogP contribution in [0.1, 0.15) is 54.4 Å². The molecule has 0 radical (unpaired) electrons. The molecular formula is C36H44N6O5S. The molecule has 0 fully saturated rings. The largest absolute Gasteiger partial charge is 0.475 e. The highest BCUT2D eigenvalue weighted by atomic mass is 32.2. The fourth-order valence-electron chi connectivity index (χ4n) is 5.87. The smallest absolute Gasteiger partial charge is 0.264 e. The van der Waals surface area contributed by atoms with Crippen LogP contribution in [0.3, 0.4) is 0 Å². The number of hydrogen-bond donors (Lipinski definition) is 1. The van der Waals surface area contributed by atoms with Gasteiger partial charge in [-0.3, -0.25) is 9.78 Å². The maximum Gasteiger partial charge on any atom is 0.264 e. The third-order valence-corrected chi connectivity index (χ3v) is 9.56. The zero-order chi connectivity index (χ0) is 34.6. The van der Waals surface area contributed by atoms with Gasteiger partial charge in [-0.2, -0.15) is 4.98 Å². The van der Waals surface area contributed by atoms with Crippen LogP contribution in [0.5, 0.6) is 5.88 Å². The number of anilines is 2. The lowest BCUT2D eigenvalue weighted by Crippen LogP contribution is -2.45. The van der Waals surface area contributed by atoms with Crippen molar-refractivity contribution in [3.8, 4) is 17.1 Å². The molecule has 254 valence electrons. The van der Waals surface area contributed by atoms with Gasteiger partial charge in [0.15, 0.2) is 0 Å². The van der Waals surface area contributed by atoms with Gasteiger partial charge in [-0.05, 0) is 67.1 Å². The number of aromatic nitrogens is 3. The van der Waals surface area contributed by atoms with E-state index in [0.29, 0.717) is 31.0 Å². The van der Waals surface area contributed by atoms with E-state index in [1.54, 1.807) is 36.4 Å². The Morgan fingerprint density at radius 1 is 1.04 bits per heavy atom. The van der Waals surface area contributed by atoms with Crippen LogP contribution in [-0.2, 0) is 21.3 Å². The Balaban J connectivity index is 1.64. The third kappa shape index (κ3) is 8.29. The first-order valence-corrected chi connectivity index (χ1v) is 17.4. The van der Waals surface area contributed by atoms with Crippen molar-refractivity contribution >= 4 is 27.6 Å². The molecule has 1 atom stereocenters. The Kier molecular flexibility index (Phi) is 10.4. The number of amides is 1. The highest BCUT2D eigenvalue weighted by Gasteiger charge is 2.32. The molecule has 1 aliphatic rings. The molecule has 0 saturated heterocycles. The van der Waals surface area contributed by atoms with E-state index < -0.39 is 16.1 Å². The van der Waals surface area contributed by atoms with Crippen molar-refractivity contribution in [2.45, 2.75) is 58.5 Å². The number of methoxy groups -OCH3 is 1. The van der Waals surface area contributed by atoms with E-state index in [0.717, 1.165) is 22.4 Å². The van der Waals surface area contributed by atoms with Gasteiger partial charge < -0.3 is 19.3 Å². The average molecular weight is 673 g/mol. The van der Waals surface area contributed by atoms with E-state index in [1.807, 2.05) is 51.2 Å². The van der Waals surface area contributed by atoms with Gasteiger partial charge >= 0.3 is 0 Å². The molecular weight excluding hydrogens is 628 g/mol. The van der Waals surface area contributed by atoms with Crippen LogP contribution in [0, 0.1) is 19.3 Å². The Bertz CT molecular complexity index is 1870. The van der Waals surface area contributed by atoms with Gasteiger partial charge in [0.1, 0.15) is 6.61 Å². The number of aryl methyl sites for hydroxylation is 2. The van der Waals surface area contributed by atoms with Crippen molar-refractivity contribution in [3.63, 3.8) is 0 Å². The number of benzene rings is 2. The number of nitrogens with one attached hydrogen (secondary N) is 1. The molecule has 1 amide bonds. The van der Waals surface area contributed by atoms with Crippen LogP contribution >= 0.6 is 0 Å². The van der Waals surface area contributed by atoms with E-state index in [-0.39, 0.29) is 46.8 Å². The minimum Gasteiger partial charge on any atom is -0.475 e. The molecule has 2 aromatic carbocycles. The Morgan fingerprint density at radius 2 is 1.77 bits per heavy atom. The monoisotopic (exact) mass is 672 g/mol. The van der Waals surface area contributed by atoms with Crippen molar-refractivity contribution < 1.29 is 22.7 Å². The normalized spacial score (nSPS) is 16.2. The number of fused-ring (bicyclic) bond motifs is 4. The quantitative estimate of drug-likeness (QED) is 0.244. The molecule has 0 unspecified atom stereocenters. The van der Waals surface area contributed by atoms with E-state index in [1.165, 1.54) is 12.1 Å². The van der Waals surface area contributed by atoms with Crippen molar-refractivity contribution in [2.75, 3.05) is 43.5 Å². The van der Waals surface area contributed by atoms with Gasteiger partial charge in [0.2, 0.25) is 11.8 Å². The standard InChI is InChI=1S/C36H44N6O5S/c1-24-10-8-11-25(2)33(24)31-20-32-39-35(38-31)40-48(44,45)30-13-9-12-26(18-30)34(43)42(29(23-47-32)21-36(3,4)5)22-27-19-28(14-15-37-27)41(6)16-17-46-7/h8-15,18-20,29H,16-17,21-23H2,1-7H3,(H,38,39,40)/t29-/m1/s1. The second-order valence-corrected chi connectivity index (χ2v) is 15.1. The number of likely N-dealkylation sites (N-methyl/N-ethyl adjacent to an activating group) is 1. The lowest BCUT2D eigenvalue weighted by molar-refractivity contribution is 0.0509. The zero-order valence-electron chi connectivity index (χ0n) is 28.6. The SMILES string of the molecule is COCCN(C)c1ccnc(CN2C(=O)c3cccc(c3)S(=O)(=O)Nc3nc(cc(-c4c(C)cccc4C)n3)OC[C@H]2CC(C)(C)C)c1. The topological polar surface area (TPSA) is 127 Å². The number of ether oxygens (including phenoxy) is 2. The summed E-state index contributed by atoms with van der Waals surface area (Å²) in [6.07, 6.45) is 2.31. The third-order valence-electron chi connectivity index (χ3n) is 8.23. The molecule has 4 bridgehead atoms. The summed E-state index contributed by atoms with van der Waals surface area (Å²) in [6, 6.07) is 17.1. The lowest BCUT2D eigenvalue weighted by Gasteiger charge is -2.35. The summed E-state index contributed by atoms with van der Waals surface area (Å²) >= 11 is 0. The Hall–Kier alpha value is -4.55. The number of rotatable bonds is 8. The summed E-state index contributed by atoms with van der Waals surface area (Å²) in [4.78, 5) is 31.9. The molecule has 1 aliphatic heterocycles. The number of carbonyl (C=O) groups excluding carboxylic acids is 1. The fourth-order valence-corrected chi connectivity index (χ4v) is 6.86. The number of nitrogens with zero attached hydrogens (tertiary/aromatic N) is 5. The van der Waals surface area contributed by atoms with Crippen molar-refractivity contribution in [3.05, 3.63) is 89.2 Å². The molecule has 0 spiro atoms. The van der Waals surface area contributed by atoms with Gasteiger partial charge in [0.25, 0.3) is 15.9 Å². The second-order valence-electron chi connectivity index (χ2n) is 13.4. The van der Waals surface area contributed by atoms with Gasteiger partial charge in [-0.15, -0.1) is 0 Å². The Labute approximate surface area is 283 Å². The predicted molar refractivity (Wildman–Crippen MR) is 187 cm³/mol. The summed E-state index contributed by atoms with van der Waals surface area (Å²) < 4.78 is 41.5. The first-order chi connectivity index (χ1) is 22.7. The number of pyridine rings is 1. The number of sulfonamides is 1. The molecule has 0 saturated carbocycles. The lowest BCUT2D eigenvalue weighted by atomic mass is 9.87. The van der Waals surface area contributed by atoms with Crippen LogP contribution in [0.2, 0.25) is 0 Å². The van der Waals surface area contributed by atoms with E-state index in [9.17, 15) is 13.2 Å². The van der Waals surface area contributed by atoms with Crippen LogP contribution in [0.15, 0.2) is 71.8 Å². The second kappa shape index (κ2) is 14.3. The van der Waals surface area contributed by atoms with Crippen molar-refractivity contribution in [2.24, 2.45) is 5.41 Å². The summed E-state index contributed by atoms with van der Waals surface area (Å²) in [6.45, 7) is 11.8. The number of carbonyl (C=O) groups is 1. The van der Waals surface area contributed by atoms with E-state index >= 15 is 0 Å².